The van der Waals surface area contributed by atoms with E-state index in [0.29, 0.717) is 27.0 Å². The van der Waals surface area contributed by atoms with Gasteiger partial charge in [-0.15, -0.1) is 0 Å². The molecule has 35 heavy (non-hydrogen) atoms. The van der Waals surface area contributed by atoms with Gasteiger partial charge in [0.05, 0.1) is 10.9 Å². The number of H-pyrrole nitrogens is 1. The summed E-state index contributed by atoms with van der Waals surface area (Å²) in [5.74, 6) is -0.364. The molecule has 0 aliphatic rings. The number of aromatic nitrogens is 2. The van der Waals surface area contributed by atoms with Gasteiger partial charge in [-0.05, 0) is 54.1 Å². The first-order valence-electron chi connectivity index (χ1n) is 10.2. The van der Waals surface area contributed by atoms with Crippen LogP contribution in [0.4, 0.5) is 4.39 Å². The van der Waals surface area contributed by atoms with Gasteiger partial charge in [0.1, 0.15) is 22.0 Å². The fraction of sp³-hybridized carbons (Fsp3) is 0.0417. The van der Waals surface area contributed by atoms with Crippen LogP contribution in [0.15, 0.2) is 96.9 Å². The lowest BCUT2D eigenvalue weighted by molar-refractivity contribution is 0.485. The zero-order valence-corrected chi connectivity index (χ0v) is 19.4. The van der Waals surface area contributed by atoms with Gasteiger partial charge in [-0.25, -0.2) is 14.2 Å². The number of rotatable bonds is 6. The second-order valence-electron chi connectivity index (χ2n) is 7.42. The molecule has 5 rings (SSSR count). The molecule has 0 radical (unpaired) electrons. The van der Waals surface area contributed by atoms with Gasteiger partial charge < -0.3 is 13.6 Å². The zero-order valence-electron chi connectivity index (χ0n) is 17.7. The molecule has 3 aromatic carbocycles. The second kappa shape index (κ2) is 9.01. The van der Waals surface area contributed by atoms with Gasteiger partial charge in [0, 0.05) is 23.3 Å². The lowest BCUT2D eigenvalue weighted by atomic mass is 10.1. The summed E-state index contributed by atoms with van der Waals surface area (Å²) in [7, 11) is -4.22. The molecule has 1 N–H and O–H groups in total. The molecule has 0 aliphatic carbocycles. The predicted molar refractivity (Wildman–Crippen MR) is 129 cm³/mol. The van der Waals surface area contributed by atoms with Gasteiger partial charge in [-0.3, -0.25) is 4.79 Å². The van der Waals surface area contributed by atoms with Gasteiger partial charge >= 0.3 is 15.7 Å². The van der Waals surface area contributed by atoms with Crippen LogP contribution >= 0.6 is 11.8 Å². The molecular formula is C24H15FN2O6S2. The standard InChI is InChI=1S/C24H15FN2O6S2/c25-15-5-8-17(9-6-15)35(30,31)33-16-7-10-18-14(11-22(28)32-21(18)12-16)13-34-24-26-20-4-2-1-3-19(20)23(29)27-24/h1-12H,13H2,(H,26,27,29). The quantitative estimate of drug-likeness (QED) is 0.156. The van der Waals surface area contributed by atoms with Crippen molar-refractivity contribution in [3.8, 4) is 5.75 Å². The van der Waals surface area contributed by atoms with Crippen molar-refractivity contribution in [2.75, 3.05) is 0 Å². The van der Waals surface area contributed by atoms with E-state index in [1.165, 1.54) is 30.0 Å². The van der Waals surface area contributed by atoms with E-state index in [4.69, 9.17) is 8.60 Å². The number of nitrogens with zero attached hydrogens (tertiary/aromatic N) is 1. The first-order valence-corrected chi connectivity index (χ1v) is 12.6. The summed E-state index contributed by atoms with van der Waals surface area (Å²) in [5.41, 5.74) is 0.386. The Labute approximate surface area is 201 Å². The number of halogens is 1. The van der Waals surface area contributed by atoms with E-state index in [9.17, 15) is 22.4 Å². The number of para-hydroxylation sites is 1. The van der Waals surface area contributed by atoms with E-state index in [0.717, 1.165) is 24.3 Å². The van der Waals surface area contributed by atoms with Crippen molar-refractivity contribution in [3.63, 3.8) is 0 Å². The molecule has 0 saturated heterocycles. The summed E-state index contributed by atoms with van der Waals surface area (Å²) in [6, 6.07) is 16.8. The number of aromatic amines is 1. The van der Waals surface area contributed by atoms with Crippen molar-refractivity contribution >= 4 is 43.8 Å². The molecule has 0 bridgehead atoms. The first kappa shape index (κ1) is 22.8. The van der Waals surface area contributed by atoms with Crippen LogP contribution in [0.5, 0.6) is 5.75 Å². The lowest BCUT2D eigenvalue weighted by Gasteiger charge is -2.09. The van der Waals surface area contributed by atoms with E-state index >= 15 is 0 Å². The van der Waals surface area contributed by atoms with Crippen LogP contribution in [0.25, 0.3) is 21.9 Å². The van der Waals surface area contributed by atoms with Crippen molar-refractivity contribution in [2.45, 2.75) is 15.8 Å². The highest BCUT2D eigenvalue weighted by Gasteiger charge is 2.18. The predicted octanol–water partition coefficient (Wildman–Crippen LogP) is 4.23. The third kappa shape index (κ3) is 4.81. The summed E-state index contributed by atoms with van der Waals surface area (Å²) in [6.07, 6.45) is 0. The number of benzene rings is 3. The van der Waals surface area contributed by atoms with E-state index in [2.05, 4.69) is 9.97 Å². The van der Waals surface area contributed by atoms with Gasteiger partial charge in [-0.2, -0.15) is 8.42 Å². The molecule has 2 heterocycles. The minimum Gasteiger partial charge on any atom is -0.423 e. The van der Waals surface area contributed by atoms with Crippen LogP contribution in [0, 0.1) is 5.82 Å². The Morgan fingerprint density at radius 3 is 2.54 bits per heavy atom. The summed E-state index contributed by atoms with van der Waals surface area (Å²) < 4.78 is 48.5. The van der Waals surface area contributed by atoms with E-state index in [-0.39, 0.29) is 27.5 Å². The highest BCUT2D eigenvalue weighted by atomic mass is 32.2. The summed E-state index contributed by atoms with van der Waals surface area (Å²) >= 11 is 1.23. The highest BCUT2D eigenvalue weighted by molar-refractivity contribution is 7.98. The zero-order chi connectivity index (χ0) is 24.6. The molecule has 0 unspecified atom stereocenters. The van der Waals surface area contributed by atoms with Crippen molar-refractivity contribution in [1.29, 1.82) is 0 Å². The monoisotopic (exact) mass is 510 g/mol. The Hall–Kier alpha value is -3.96. The largest absolute Gasteiger partial charge is 0.423 e. The summed E-state index contributed by atoms with van der Waals surface area (Å²) in [6.45, 7) is 0. The van der Waals surface area contributed by atoms with Gasteiger partial charge in [0.25, 0.3) is 5.56 Å². The molecule has 0 saturated carbocycles. The average Bonchev–Trinajstić information content (AvgIpc) is 2.82. The Morgan fingerprint density at radius 1 is 0.971 bits per heavy atom. The molecule has 0 fully saturated rings. The third-order valence-corrected chi connectivity index (χ3v) is 7.25. The molecule has 0 spiro atoms. The van der Waals surface area contributed by atoms with Crippen LogP contribution in [-0.4, -0.2) is 18.4 Å². The van der Waals surface area contributed by atoms with E-state index in [1.807, 2.05) is 0 Å². The van der Waals surface area contributed by atoms with E-state index < -0.39 is 21.6 Å². The summed E-state index contributed by atoms with van der Waals surface area (Å²) in [4.78, 5) is 31.4. The van der Waals surface area contributed by atoms with Gasteiger partial charge in [-0.1, -0.05) is 23.9 Å². The topological polar surface area (TPSA) is 119 Å². The number of hydrogen-bond donors (Lipinski definition) is 1. The van der Waals surface area contributed by atoms with Crippen LogP contribution in [0.2, 0.25) is 0 Å². The van der Waals surface area contributed by atoms with Crippen molar-refractivity contribution in [1.82, 2.24) is 9.97 Å². The van der Waals surface area contributed by atoms with Crippen LogP contribution < -0.4 is 15.4 Å². The minimum absolute atomic E-state index is 0.0738. The maximum atomic E-state index is 13.1. The maximum Gasteiger partial charge on any atom is 0.339 e. The molecular weight excluding hydrogens is 495 g/mol. The fourth-order valence-corrected chi connectivity index (χ4v) is 5.22. The number of hydrogen-bond acceptors (Lipinski definition) is 8. The molecule has 8 nitrogen and oxygen atoms in total. The first-order chi connectivity index (χ1) is 16.8. The molecule has 0 amide bonds. The van der Waals surface area contributed by atoms with Crippen LogP contribution in [-0.2, 0) is 15.9 Å². The third-order valence-electron chi connectivity index (χ3n) is 5.07. The number of thioether (sulfide) groups is 1. The van der Waals surface area contributed by atoms with Crippen LogP contribution in [0.1, 0.15) is 5.56 Å². The Morgan fingerprint density at radius 2 is 1.74 bits per heavy atom. The second-order valence-corrected chi connectivity index (χ2v) is 9.93. The van der Waals surface area contributed by atoms with Gasteiger partial charge in [0.15, 0.2) is 5.16 Å². The molecule has 0 atom stereocenters. The minimum atomic E-state index is -4.22. The highest BCUT2D eigenvalue weighted by Crippen LogP contribution is 2.28. The number of nitrogens with one attached hydrogen (secondary N) is 1. The Kier molecular flexibility index (Phi) is 5.87. The van der Waals surface area contributed by atoms with Crippen molar-refractivity contribution < 1.29 is 21.4 Å². The SMILES string of the molecule is O=c1cc(CSc2nc3ccccc3c(=O)[nH]2)c2ccc(OS(=O)(=O)c3ccc(F)cc3)cc2o1. The molecule has 5 aromatic rings. The average molecular weight is 511 g/mol. The molecule has 0 aliphatic heterocycles. The Balaban J connectivity index is 1.43. The normalized spacial score (nSPS) is 11.7. The van der Waals surface area contributed by atoms with Gasteiger partial charge in [0.2, 0.25) is 0 Å². The Bertz CT molecular complexity index is 1800. The maximum absolute atomic E-state index is 13.1. The van der Waals surface area contributed by atoms with E-state index in [1.54, 1.807) is 30.3 Å². The molecule has 2 aromatic heterocycles. The van der Waals surface area contributed by atoms with Crippen LogP contribution in [0.3, 0.4) is 0 Å². The fourth-order valence-electron chi connectivity index (χ4n) is 3.44. The molecule has 11 heteroatoms. The summed E-state index contributed by atoms with van der Waals surface area (Å²) in [5, 5.41) is 1.43. The van der Waals surface area contributed by atoms with Crippen molar-refractivity contribution in [3.05, 3.63) is 105 Å². The smallest absolute Gasteiger partial charge is 0.339 e. The lowest BCUT2D eigenvalue weighted by Crippen LogP contribution is -2.10. The molecule has 176 valence electrons. The number of fused-ring (bicyclic) bond motifs is 2. The van der Waals surface area contributed by atoms with Crippen molar-refractivity contribution in [2.24, 2.45) is 0 Å².